The fourth-order valence-electron chi connectivity index (χ4n) is 1.61. The van der Waals surface area contributed by atoms with Crippen molar-refractivity contribution >= 4 is 15.9 Å². The molecule has 18 heavy (non-hydrogen) atoms. The molecule has 1 heterocycles. The lowest BCUT2D eigenvalue weighted by Crippen LogP contribution is -2.01. The average Bonchev–Trinajstić information content (AvgIpc) is 2.83. The molecule has 96 valence electrons. The van der Waals surface area contributed by atoms with Crippen LogP contribution in [0.25, 0.3) is 11.5 Å². The minimum absolute atomic E-state index is 0.0962. The van der Waals surface area contributed by atoms with E-state index in [0.29, 0.717) is 11.4 Å². The van der Waals surface area contributed by atoms with Crippen molar-refractivity contribution in [1.82, 2.24) is 10.1 Å². The van der Waals surface area contributed by atoms with Gasteiger partial charge >= 0.3 is 0 Å². The molecule has 0 aliphatic rings. The van der Waals surface area contributed by atoms with E-state index in [1.165, 1.54) is 0 Å². The van der Waals surface area contributed by atoms with Crippen LogP contribution in [-0.4, -0.2) is 22.4 Å². The fraction of sp³-hybridized carbons (Fsp3) is 0.333. The van der Waals surface area contributed by atoms with Crippen molar-refractivity contribution in [3.05, 3.63) is 28.5 Å². The van der Waals surface area contributed by atoms with Crippen LogP contribution in [0, 0.1) is 0 Å². The van der Waals surface area contributed by atoms with E-state index in [4.69, 9.17) is 9.26 Å². The summed E-state index contributed by atoms with van der Waals surface area (Å²) in [4.78, 5) is 4.24. The maximum absolute atomic E-state index is 9.77. The number of aromatic hydroxyl groups is 1. The number of nitrogens with zero attached hydrogens (tertiary/aromatic N) is 2. The number of phenolic OH excluding ortho intramolecular Hbond substituents is 1. The summed E-state index contributed by atoms with van der Waals surface area (Å²) in [5.74, 6) is 0.854. The molecule has 2 aromatic rings. The van der Waals surface area contributed by atoms with Gasteiger partial charge in [-0.2, -0.15) is 4.98 Å². The Hall–Kier alpha value is -1.40. The quantitative estimate of drug-likeness (QED) is 0.938. The molecule has 0 aliphatic carbocycles. The lowest BCUT2D eigenvalue weighted by Gasteiger charge is -2.06. The van der Waals surface area contributed by atoms with E-state index in [9.17, 15) is 5.11 Å². The first-order chi connectivity index (χ1) is 8.65. The van der Waals surface area contributed by atoms with Crippen molar-refractivity contribution in [2.75, 3.05) is 7.11 Å². The van der Waals surface area contributed by atoms with E-state index >= 15 is 0 Å². The third kappa shape index (κ3) is 2.54. The molecule has 0 amide bonds. The summed E-state index contributed by atoms with van der Waals surface area (Å²) in [6.07, 6.45) is 0.553. The number of phenols is 1. The molecule has 0 aliphatic heterocycles. The van der Waals surface area contributed by atoms with Crippen molar-refractivity contribution in [3.63, 3.8) is 0 Å². The van der Waals surface area contributed by atoms with Gasteiger partial charge in [0.1, 0.15) is 11.9 Å². The third-order valence-corrected chi connectivity index (χ3v) is 3.07. The summed E-state index contributed by atoms with van der Waals surface area (Å²) >= 11 is 3.33. The van der Waals surface area contributed by atoms with Gasteiger partial charge in [-0.25, -0.2) is 0 Å². The van der Waals surface area contributed by atoms with Crippen LogP contribution in [0.2, 0.25) is 0 Å². The van der Waals surface area contributed by atoms with E-state index in [1.54, 1.807) is 25.3 Å². The molecule has 2 rings (SSSR count). The molecule has 0 radical (unpaired) electrons. The largest absolute Gasteiger partial charge is 0.507 e. The SMILES string of the molecule is CCC(OC)c1noc(-c2cc(Br)ccc2O)n1. The first-order valence-electron chi connectivity index (χ1n) is 5.51. The molecule has 0 saturated carbocycles. The standard InChI is InChI=1S/C12H13BrN2O3/c1-3-10(17-2)11-14-12(18-15-11)8-6-7(13)4-5-9(8)16/h4-6,10,16H,3H2,1-2H3. The zero-order valence-electron chi connectivity index (χ0n) is 10.1. The van der Waals surface area contributed by atoms with Crippen LogP contribution in [0.5, 0.6) is 5.75 Å². The van der Waals surface area contributed by atoms with Gasteiger partial charge in [-0.05, 0) is 24.6 Å². The molecular weight excluding hydrogens is 300 g/mol. The monoisotopic (exact) mass is 312 g/mol. The second-order valence-corrected chi connectivity index (χ2v) is 4.67. The molecule has 1 aromatic carbocycles. The Morgan fingerprint density at radius 3 is 2.94 bits per heavy atom. The van der Waals surface area contributed by atoms with Crippen molar-refractivity contribution in [2.45, 2.75) is 19.4 Å². The van der Waals surface area contributed by atoms with E-state index < -0.39 is 0 Å². The van der Waals surface area contributed by atoms with Crippen molar-refractivity contribution < 1.29 is 14.4 Å². The predicted octanol–water partition coefficient (Wildman–Crippen LogP) is 3.30. The van der Waals surface area contributed by atoms with Crippen LogP contribution >= 0.6 is 15.9 Å². The Morgan fingerprint density at radius 2 is 2.28 bits per heavy atom. The molecule has 1 atom stereocenters. The smallest absolute Gasteiger partial charge is 0.261 e. The molecule has 5 nitrogen and oxygen atoms in total. The first kappa shape index (κ1) is 13.0. The lowest BCUT2D eigenvalue weighted by atomic mass is 10.2. The molecule has 0 saturated heterocycles. The summed E-state index contributed by atoms with van der Waals surface area (Å²) in [5, 5.41) is 13.6. The van der Waals surface area contributed by atoms with Gasteiger partial charge < -0.3 is 14.4 Å². The summed E-state index contributed by atoms with van der Waals surface area (Å²) in [6.45, 7) is 1.97. The number of ether oxygens (including phenoxy) is 1. The van der Waals surface area contributed by atoms with Crippen molar-refractivity contribution in [1.29, 1.82) is 0 Å². The van der Waals surface area contributed by atoms with Crippen LogP contribution in [0.4, 0.5) is 0 Å². The van der Waals surface area contributed by atoms with Gasteiger partial charge in [-0.1, -0.05) is 28.0 Å². The molecule has 1 aromatic heterocycles. The second-order valence-electron chi connectivity index (χ2n) is 3.75. The zero-order valence-corrected chi connectivity index (χ0v) is 11.6. The van der Waals surface area contributed by atoms with Gasteiger partial charge in [0.15, 0.2) is 0 Å². The highest BCUT2D eigenvalue weighted by Crippen LogP contribution is 2.31. The molecule has 0 fully saturated rings. The number of hydrogen-bond donors (Lipinski definition) is 1. The number of rotatable bonds is 4. The van der Waals surface area contributed by atoms with Gasteiger partial charge in [0, 0.05) is 11.6 Å². The number of benzene rings is 1. The molecule has 1 N–H and O–H groups in total. The highest BCUT2D eigenvalue weighted by atomic mass is 79.9. The minimum Gasteiger partial charge on any atom is -0.507 e. The Balaban J connectivity index is 2.37. The van der Waals surface area contributed by atoms with Gasteiger partial charge in [0.05, 0.1) is 5.56 Å². The van der Waals surface area contributed by atoms with E-state index in [0.717, 1.165) is 10.9 Å². The Kier molecular flexibility index (Phi) is 3.98. The maximum atomic E-state index is 9.77. The predicted molar refractivity (Wildman–Crippen MR) is 69.1 cm³/mol. The Morgan fingerprint density at radius 1 is 1.50 bits per heavy atom. The summed E-state index contributed by atoms with van der Waals surface area (Å²) in [6, 6.07) is 5.03. The minimum atomic E-state index is -0.197. The third-order valence-electron chi connectivity index (χ3n) is 2.57. The lowest BCUT2D eigenvalue weighted by molar-refractivity contribution is 0.0903. The maximum Gasteiger partial charge on any atom is 0.261 e. The van der Waals surface area contributed by atoms with E-state index in [1.807, 2.05) is 6.92 Å². The number of hydrogen-bond acceptors (Lipinski definition) is 5. The zero-order chi connectivity index (χ0) is 13.1. The second kappa shape index (κ2) is 5.49. The van der Waals surface area contributed by atoms with Gasteiger partial charge in [-0.15, -0.1) is 0 Å². The summed E-state index contributed by atoms with van der Waals surface area (Å²) in [7, 11) is 1.60. The van der Waals surface area contributed by atoms with Crippen LogP contribution in [0.1, 0.15) is 25.3 Å². The normalized spacial score (nSPS) is 12.6. The van der Waals surface area contributed by atoms with Gasteiger partial charge in [0.25, 0.3) is 5.89 Å². The summed E-state index contributed by atoms with van der Waals surface area (Å²) in [5.41, 5.74) is 0.495. The van der Waals surface area contributed by atoms with Crippen molar-refractivity contribution in [2.24, 2.45) is 0 Å². The molecular formula is C12H13BrN2O3. The highest BCUT2D eigenvalue weighted by Gasteiger charge is 2.18. The van der Waals surface area contributed by atoms with E-state index in [-0.39, 0.29) is 17.7 Å². The Labute approximate surface area is 113 Å². The molecule has 0 spiro atoms. The Bertz CT molecular complexity index is 538. The van der Waals surface area contributed by atoms with E-state index in [2.05, 4.69) is 26.1 Å². The number of halogens is 1. The number of aromatic nitrogens is 2. The van der Waals surface area contributed by atoms with Crippen LogP contribution in [0.15, 0.2) is 27.2 Å². The first-order valence-corrected chi connectivity index (χ1v) is 6.30. The average molecular weight is 313 g/mol. The number of methoxy groups -OCH3 is 1. The molecule has 0 bridgehead atoms. The van der Waals surface area contributed by atoms with Crippen molar-refractivity contribution in [3.8, 4) is 17.2 Å². The van der Waals surface area contributed by atoms with Crippen LogP contribution < -0.4 is 0 Å². The fourth-order valence-corrected chi connectivity index (χ4v) is 1.97. The van der Waals surface area contributed by atoms with Gasteiger partial charge in [0.2, 0.25) is 5.82 Å². The molecule has 6 heteroatoms. The topological polar surface area (TPSA) is 68.4 Å². The summed E-state index contributed by atoms with van der Waals surface area (Å²) < 4.78 is 11.2. The van der Waals surface area contributed by atoms with Crippen LogP contribution in [0.3, 0.4) is 0 Å². The van der Waals surface area contributed by atoms with Gasteiger partial charge in [-0.3, -0.25) is 0 Å². The van der Waals surface area contributed by atoms with Crippen LogP contribution in [-0.2, 0) is 4.74 Å². The highest BCUT2D eigenvalue weighted by molar-refractivity contribution is 9.10. The molecule has 1 unspecified atom stereocenters.